The van der Waals surface area contributed by atoms with Crippen molar-refractivity contribution >= 4 is 51.0 Å². The van der Waals surface area contributed by atoms with Gasteiger partial charge in [-0.1, -0.05) is 36.9 Å². The van der Waals surface area contributed by atoms with E-state index in [1.807, 2.05) is 36.7 Å². The molecule has 0 aliphatic carbocycles. The molecule has 0 bridgehead atoms. The van der Waals surface area contributed by atoms with Crippen LogP contribution in [0.1, 0.15) is 28.7 Å². The summed E-state index contributed by atoms with van der Waals surface area (Å²) >= 11 is 0. The highest BCUT2D eigenvalue weighted by molar-refractivity contribution is 5.92. The molecule has 5 heterocycles. The quantitative estimate of drug-likeness (QED) is 0.172. The van der Waals surface area contributed by atoms with Gasteiger partial charge in [0.25, 0.3) is 0 Å². The SMILES string of the molecule is C=Cc1cnc2c(Nc3cccc(-c4cccc(Nc5nccc6cc(CN7CC[C@@H](O)C7)cnc56)c4C)c3C)ncnc2c1. The highest BCUT2D eigenvalue weighted by Crippen LogP contribution is 2.36. The molecule has 4 aromatic heterocycles. The van der Waals surface area contributed by atoms with Gasteiger partial charge >= 0.3 is 0 Å². The number of nitrogens with one attached hydrogen (secondary N) is 2. The first-order valence-electron chi connectivity index (χ1n) is 15.1. The first-order valence-corrected chi connectivity index (χ1v) is 15.1. The van der Waals surface area contributed by atoms with Gasteiger partial charge in [0.05, 0.1) is 11.6 Å². The average molecular weight is 595 g/mol. The molecule has 1 atom stereocenters. The molecule has 9 heteroatoms. The minimum Gasteiger partial charge on any atom is -0.392 e. The summed E-state index contributed by atoms with van der Waals surface area (Å²) in [4.78, 5) is 25.2. The van der Waals surface area contributed by atoms with Crippen LogP contribution in [0.4, 0.5) is 23.0 Å². The van der Waals surface area contributed by atoms with Crippen molar-refractivity contribution in [1.29, 1.82) is 0 Å². The number of β-amino-alcohol motifs (C(OH)–C–C–N with tert-alkyl or cyclic N) is 1. The fourth-order valence-corrected chi connectivity index (χ4v) is 6.04. The first-order chi connectivity index (χ1) is 22.0. The molecule has 0 amide bonds. The van der Waals surface area contributed by atoms with Gasteiger partial charge in [-0.3, -0.25) is 14.9 Å². The van der Waals surface area contributed by atoms with E-state index in [0.29, 0.717) is 23.7 Å². The van der Waals surface area contributed by atoms with Crippen molar-refractivity contribution in [3.8, 4) is 11.1 Å². The zero-order valence-electron chi connectivity index (χ0n) is 25.3. The molecule has 3 N–H and O–H groups in total. The fraction of sp³-hybridized carbons (Fsp3) is 0.194. The molecule has 224 valence electrons. The van der Waals surface area contributed by atoms with Crippen molar-refractivity contribution < 1.29 is 5.11 Å². The molecule has 2 aromatic carbocycles. The third-order valence-electron chi connectivity index (χ3n) is 8.51. The number of benzene rings is 2. The largest absolute Gasteiger partial charge is 0.392 e. The summed E-state index contributed by atoms with van der Waals surface area (Å²) in [6, 6.07) is 18.6. The molecule has 1 aliphatic rings. The normalized spacial score (nSPS) is 15.0. The molecule has 7 rings (SSSR count). The van der Waals surface area contributed by atoms with E-state index in [1.54, 1.807) is 18.6 Å². The first kappa shape index (κ1) is 28.5. The highest BCUT2D eigenvalue weighted by Gasteiger charge is 2.20. The predicted octanol–water partition coefficient (Wildman–Crippen LogP) is 6.95. The van der Waals surface area contributed by atoms with E-state index < -0.39 is 0 Å². The summed E-state index contributed by atoms with van der Waals surface area (Å²) in [5.41, 5.74) is 10.7. The number of pyridine rings is 3. The summed E-state index contributed by atoms with van der Waals surface area (Å²) in [7, 11) is 0. The van der Waals surface area contributed by atoms with Gasteiger partial charge in [0, 0.05) is 55.0 Å². The Morgan fingerprint density at radius 3 is 2.27 bits per heavy atom. The monoisotopic (exact) mass is 594 g/mol. The lowest BCUT2D eigenvalue weighted by atomic mass is 9.94. The number of aromatic nitrogens is 5. The van der Waals surface area contributed by atoms with Crippen LogP contribution in [0.3, 0.4) is 0 Å². The van der Waals surface area contributed by atoms with Crippen LogP contribution in [0.25, 0.3) is 39.1 Å². The zero-order chi connectivity index (χ0) is 30.9. The second-order valence-corrected chi connectivity index (χ2v) is 11.5. The maximum atomic E-state index is 9.89. The Hall–Kier alpha value is -5.25. The molecule has 0 unspecified atom stereocenters. The van der Waals surface area contributed by atoms with Crippen molar-refractivity contribution in [3.63, 3.8) is 0 Å². The van der Waals surface area contributed by atoms with Gasteiger partial charge in [0.2, 0.25) is 0 Å². The van der Waals surface area contributed by atoms with Crippen LogP contribution in [-0.4, -0.2) is 54.1 Å². The van der Waals surface area contributed by atoms with E-state index >= 15 is 0 Å². The molecular formula is C36H34N8O. The number of hydrogen-bond donors (Lipinski definition) is 3. The summed E-state index contributed by atoms with van der Waals surface area (Å²) in [6.45, 7) is 10.5. The second-order valence-electron chi connectivity index (χ2n) is 11.5. The number of anilines is 4. The van der Waals surface area contributed by atoms with E-state index in [9.17, 15) is 5.11 Å². The van der Waals surface area contributed by atoms with E-state index in [-0.39, 0.29) is 6.10 Å². The molecule has 1 fully saturated rings. The molecule has 45 heavy (non-hydrogen) atoms. The molecule has 6 aromatic rings. The molecule has 9 nitrogen and oxygen atoms in total. The van der Waals surface area contributed by atoms with E-state index in [1.165, 1.54) is 0 Å². The number of hydrogen-bond acceptors (Lipinski definition) is 9. The minimum atomic E-state index is -0.234. The summed E-state index contributed by atoms with van der Waals surface area (Å²) in [6.07, 6.45) is 9.40. The zero-order valence-corrected chi connectivity index (χ0v) is 25.3. The topological polar surface area (TPSA) is 112 Å². The molecule has 0 saturated carbocycles. The third-order valence-corrected chi connectivity index (χ3v) is 8.51. The van der Waals surface area contributed by atoms with Crippen LogP contribution >= 0.6 is 0 Å². The van der Waals surface area contributed by atoms with Crippen LogP contribution in [0.2, 0.25) is 0 Å². The molecule has 0 spiro atoms. The summed E-state index contributed by atoms with van der Waals surface area (Å²) in [5, 5.41) is 18.0. The Balaban J connectivity index is 1.17. The van der Waals surface area contributed by atoms with Crippen molar-refractivity contribution in [2.45, 2.75) is 32.9 Å². The molecular weight excluding hydrogens is 560 g/mol. The van der Waals surface area contributed by atoms with E-state index in [2.05, 4.69) is 86.2 Å². The van der Waals surface area contributed by atoms with Gasteiger partial charge in [-0.2, -0.15) is 0 Å². The summed E-state index contributed by atoms with van der Waals surface area (Å²) < 4.78 is 0. The fourth-order valence-electron chi connectivity index (χ4n) is 6.04. The number of aliphatic hydroxyl groups is 1. The van der Waals surface area contributed by atoms with Crippen molar-refractivity contribution in [1.82, 2.24) is 29.8 Å². The molecule has 1 aliphatic heterocycles. The molecule has 0 radical (unpaired) electrons. The lowest BCUT2D eigenvalue weighted by molar-refractivity contribution is 0.175. The Bertz CT molecular complexity index is 2060. The van der Waals surface area contributed by atoms with Gasteiger partial charge in [0.15, 0.2) is 11.6 Å². The van der Waals surface area contributed by atoms with Crippen molar-refractivity contribution in [2.24, 2.45) is 0 Å². The summed E-state index contributed by atoms with van der Waals surface area (Å²) in [5.74, 6) is 1.37. The second kappa shape index (κ2) is 12.0. The maximum Gasteiger partial charge on any atom is 0.160 e. The van der Waals surface area contributed by atoms with Crippen molar-refractivity contribution in [3.05, 3.63) is 108 Å². The lowest BCUT2D eigenvalue weighted by Gasteiger charge is -2.18. The number of rotatable bonds is 8. The average Bonchev–Trinajstić information content (AvgIpc) is 3.47. The Morgan fingerprint density at radius 2 is 1.58 bits per heavy atom. The number of aliphatic hydroxyl groups excluding tert-OH is 1. The Morgan fingerprint density at radius 1 is 0.867 bits per heavy atom. The number of nitrogens with zero attached hydrogens (tertiary/aromatic N) is 6. The number of likely N-dealkylation sites (tertiary alicyclic amines) is 1. The van der Waals surface area contributed by atoms with Crippen LogP contribution < -0.4 is 10.6 Å². The Kier molecular flexibility index (Phi) is 7.62. The minimum absolute atomic E-state index is 0.234. The highest BCUT2D eigenvalue weighted by atomic mass is 16.3. The van der Waals surface area contributed by atoms with Gasteiger partial charge in [-0.25, -0.2) is 15.0 Å². The lowest BCUT2D eigenvalue weighted by Crippen LogP contribution is -2.21. The van der Waals surface area contributed by atoms with Crippen LogP contribution in [0.15, 0.2) is 86.1 Å². The predicted molar refractivity (Wildman–Crippen MR) is 181 cm³/mol. The number of fused-ring (bicyclic) bond motifs is 2. The van der Waals surface area contributed by atoms with Gasteiger partial charge in [-0.15, -0.1) is 0 Å². The van der Waals surface area contributed by atoms with E-state index in [0.717, 1.165) is 80.7 Å². The van der Waals surface area contributed by atoms with Gasteiger partial charge in [-0.05, 0) is 84.0 Å². The maximum absolute atomic E-state index is 9.89. The van der Waals surface area contributed by atoms with Crippen LogP contribution in [-0.2, 0) is 6.54 Å². The Labute approximate surface area is 261 Å². The van der Waals surface area contributed by atoms with E-state index in [4.69, 9.17) is 4.98 Å². The van der Waals surface area contributed by atoms with Crippen LogP contribution in [0, 0.1) is 13.8 Å². The molecule has 1 saturated heterocycles. The van der Waals surface area contributed by atoms with Crippen LogP contribution in [0.5, 0.6) is 0 Å². The smallest absolute Gasteiger partial charge is 0.160 e. The van der Waals surface area contributed by atoms with Gasteiger partial charge in [0.1, 0.15) is 17.4 Å². The standard InChI is InChI=1S/C36H34N8O/c1-4-24-16-32-34(39-17-24)36(41-21-40-32)43-31-10-6-8-29(23(31)3)28-7-5-9-30(22(28)2)42-35-33-26(11-13-37-35)15-25(18-38-33)19-44-14-12-27(45)20-44/h4-11,13,15-18,21,27,45H,1,12,14,19-20H2,2-3H3,(H,37,42)(H,40,41,43)/t27-/m1/s1. The van der Waals surface area contributed by atoms with Gasteiger partial charge < -0.3 is 15.7 Å². The van der Waals surface area contributed by atoms with Crippen molar-refractivity contribution in [2.75, 3.05) is 23.7 Å². The third kappa shape index (κ3) is 5.71.